The lowest BCUT2D eigenvalue weighted by Gasteiger charge is -2.38. The third-order valence-electron chi connectivity index (χ3n) is 5.84. The third-order valence-corrected chi connectivity index (χ3v) is 6.22. The predicted molar refractivity (Wildman–Crippen MR) is 111 cm³/mol. The molecule has 0 aliphatic carbocycles. The van der Waals surface area contributed by atoms with Crippen LogP contribution >= 0.6 is 11.6 Å². The van der Waals surface area contributed by atoms with Crippen molar-refractivity contribution in [1.29, 1.82) is 0 Å². The zero-order valence-electron chi connectivity index (χ0n) is 16.5. The molecule has 1 aliphatic heterocycles. The number of morpholine rings is 1. The summed E-state index contributed by atoms with van der Waals surface area (Å²) in [6, 6.07) is 8.16. The molecule has 1 saturated heterocycles. The second kappa shape index (κ2) is 9.09. The third kappa shape index (κ3) is 4.15. The van der Waals surface area contributed by atoms with Gasteiger partial charge in [0.2, 0.25) is 0 Å². The summed E-state index contributed by atoms with van der Waals surface area (Å²) >= 11 is 6.53. The number of aromatic nitrogens is 1. The Morgan fingerprint density at radius 3 is 2.52 bits per heavy atom. The Balaban J connectivity index is 1.78. The van der Waals surface area contributed by atoms with Gasteiger partial charge in [0.05, 0.1) is 18.2 Å². The predicted octanol–water partition coefficient (Wildman–Crippen LogP) is 3.70. The van der Waals surface area contributed by atoms with E-state index in [-0.39, 0.29) is 5.91 Å². The Hall–Kier alpha value is -1.56. The highest BCUT2D eigenvalue weighted by Gasteiger charge is 2.28. The van der Waals surface area contributed by atoms with Gasteiger partial charge in [-0.25, -0.2) is 0 Å². The highest BCUT2D eigenvalue weighted by Crippen LogP contribution is 2.29. The first-order chi connectivity index (χ1) is 13.1. The fourth-order valence-electron chi connectivity index (χ4n) is 4.22. The minimum atomic E-state index is -0.108. The topological polar surface area (TPSA) is 46.5 Å². The number of ether oxygens (including phenoxy) is 1. The number of benzene rings is 1. The normalized spacial score (nSPS) is 16.8. The van der Waals surface area contributed by atoms with E-state index in [4.69, 9.17) is 16.3 Å². The molecular formula is C21H30ClN3O2. The molecule has 1 aromatic carbocycles. The molecular weight excluding hydrogens is 362 g/mol. The number of rotatable bonds is 7. The first kappa shape index (κ1) is 20.2. The maximum Gasteiger partial charge on any atom is 0.269 e. The Morgan fingerprint density at radius 1 is 1.22 bits per heavy atom. The number of carbonyl (C=O) groups is 1. The molecule has 1 fully saturated rings. The van der Waals surface area contributed by atoms with Crippen molar-refractivity contribution in [2.75, 3.05) is 32.8 Å². The van der Waals surface area contributed by atoms with Crippen molar-refractivity contribution in [1.82, 2.24) is 14.8 Å². The highest BCUT2D eigenvalue weighted by atomic mass is 35.5. The van der Waals surface area contributed by atoms with Crippen LogP contribution in [0.1, 0.15) is 37.2 Å². The van der Waals surface area contributed by atoms with Gasteiger partial charge in [-0.15, -0.1) is 0 Å². The van der Waals surface area contributed by atoms with Crippen LogP contribution < -0.4 is 5.32 Å². The van der Waals surface area contributed by atoms with Crippen molar-refractivity contribution in [3.8, 4) is 0 Å². The van der Waals surface area contributed by atoms with E-state index >= 15 is 0 Å². The largest absolute Gasteiger partial charge is 0.379 e. The summed E-state index contributed by atoms with van der Waals surface area (Å²) in [5.74, 6) is 0.439. The van der Waals surface area contributed by atoms with Crippen LogP contribution in [0.4, 0.5) is 0 Å². The number of hydrogen-bond acceptors (Lipinski definition) is 3. The summed E-state index contributed by atoms with van der Waals surface area (Å²) < 4.78 is 7.39. The van der Waals surface area contributed by atoms with Crippen molar-refractivity contribution in [3.63, 3.8) is 0 Å². The molecule has 0 radical (unpaired) electrons. The van der Waals surface area contributed by atoms with Crippen LogP contribution in [-0.2, 0) is 11.8 Å². The van der Waals surface area contributed by atoms with Crippen LogP contribution in [0.2, 0.25) is 5.02 Å². The molecule has 3 rings (SSSR count). The standard InChI is InChI=1S/C21H30ClN3O2/c1-4-15(5-2)18(25-10-12-27-13-11-25)14-23-21(26)20-19(22)16-8-6-7-9-17(16)24(20)3/h6-9,15,18H,4-5,10-14H2,1-3H3,(H,23,26). The molecule has 1 unspecified atom stereocenters. The highest BCUT2D eigenvalue weighted by molar-refractivity contribution is 6.38. The van der Waals surface area contributed by atoms with Crippen molar-refractivity contribution in [3.05, 3.63) is 35.0 Å². The number of amides is 1. The first-order valence-corrected chi connectivity index (χ1v) is 10.3. The molecule has 0 bridgehead atoms. The number of para-hydroxylation sites is 1. The van der Waals surface area contributed by atoms with Gasteiger partial charge in [-0.2, -0.15) is 0 Å². The lowest BCUT2D eigenvalue weighted by Crippen LogP contribution is -2.52. The van der Waals surface area contributed by atoms with Gasteiger partial charge < -0.3 is 14.6 Å². The molecule has 148 valence electrons. The van der Waals surface area contributed by atoms with Crippen molar-refractivity contribution in [2.45, 2.75) is 32.7 Å². The summed E-state index contributed by atoms with van der Waals surface area (Å²) in [5.41, 5.74) is 1.50. The molecule has 1 amide bonds. The van der Waals surface area contributed by atoms with E-state index < -0.39 is 0 Å². The molecule has 1 N–H and O–H groups in total. The molecule has 27 heavy (non-hydrogen) atoms. The number of carbonyl (C=O) groups excluding carboxylic acids is 1. The summed E-state index contributed by atoms with van der Waals surface area (Å²) in [6.07, 6.45) is 2.20. The SMILES string of the molecule is CCC(CC)C(CNC(=O)c1c(Cl)c2ccccc2n1C)N1CCOCC1. The average molecular weight is 392 g/mol. The number of fused-ring (bicyclic) bond motifs is 1. The number of nitrogens with one attached hydrogen (secondary N) is 1. The van der Waals surface area contributed by atoms with Gasteiger partial charge in [0, 0.05) is 43.6 Å². The number of halogens is 1. The quantitative estimate of drug-likeness (QED) is 0.782. The van der Waals surface area contributed by atoms with Gasteiger partial charge >= 0.3 is 0 Å². The minimum absolute atomic E-state index is 0.108. The first-order valence-electron chi connectivity index (χ1n) is 9.91. The summed E-state index contributed by atoms with van der Waals surface area (Å²) in [4.78, 5) is 15.4. The summed E-state index contributed by atoms with van der Waals surface area (Å²) in [5, 5.41) is 4.60. The zero-order chi connectivity index (χ0) is 19.4. The molecule has 6 heteroatoms. The zero-order valence-corrected chi connectivity index (χ0v) is 17.3. The van der Waals surface area contributed by atoms with Crippen LogP contribution in [0.25, 0.3) is 10.9 Å². The van der Waals surface area contributed by atoms with Gasteiger partial charge in [-0.1, -0.05) is 56.5 Å². The molecule has 1 aromatic heterocycles. The second-order valence-corrected chi connectivity index (χ2v) is 7.62. The van der Waals surface area contributed by atoms with Crippen molar-refractivity contribution >= 4 is 28.4 Å². The number of hydrogen-bond donors (Lipinski definition) is 1. The second-order valence-electron chi connectivity index (χ2n) is 7.24. The molecule has 0 spiro atoms. The smallest absolute Gasteiger partial charge is 0.269 e. The Bertz CT molecular complexity index is 740. The van der Waals surface area contributed by atoms with E-state index in [1.165, 1.54) is 0 Å². The maximum absolute atomic E-state index is 13.0. The van der Waals surface area contributed by atoms with Gasteiger partial charge in [-0.05, 0) is 12.0 Å². The summed E-state index contributed by atoms with van der Waals surface area (Å²) in [7, 11) is 1.89. The minimum Gasteiger partial charge on any atom is -0.379 e. The van der Waals surface area contributed by atoms with Crippen LogP contribution in [-0.4, -0.2) is 54.3 Å². The van der Waals surface area contributed by atoms with E-state index in [0.717, 1.165) is 50.0 Å². The fourth-order valence-corrected chi connectivity index (χ4v) is 4.59. The molecule has 5 nitrogen and oxygen atoms in total. The molecule has 0 saturated carbocycles. The lowest BCUT2D eigenvalue weighted by atomic mass is 9.92. The summed E-state index contributed by atoms with van der Waals surface area (Å²) in [6.45, 7) is 8.45. The van der Waals surface area contributed by atoms with E-state index in [0.29, 0.717) is 29.2 Å². The van der Waals surface area contributed by atoms with Gasteiger partial charge in [0.1, 0.15) is 5.69 Å². The molecule has 2 aromatic rings. The average Bonchev–Trinajstić information content (AvgIpc) is 2.96. The van der Waals surface area contributed by atoms with E-state index in [1.807, 2.05) is 35.9 Å². The van der Waals surface area contributed by atoms with Crippen molar-refractivity contribution in [2.24, 2.45) is 13.0 Å². The van der Waals surface area contributed by atoms with Crippen LogP contribution in [0, 0.1) is 5.92 Å². The molecule has 1 aliphatic rings. The number of nitrogens with zero attached hydrogens (tertiary/aromatic N) is 2. The maximum atomic E-state index is 13.0. The van der Waals surface area contributed by atoms with Crippen LogP contribution in [0.3, 0.4) is 0 Å². The van der Waals surface area contributed by atoms with E-state index in [9.17, 15) is 4.79 Å². The Kier molecular flexibility index (Phi) is 6.79. The van der Waals surface area contributed by atoms with E-state index in [1.54, 1.807) is 0 Å². The van der Waals surface area contributed by atoms with Crippen LogP contribution in [0.5, 0.6) is 0 Å². The Labute approximate surface area is 166 Å². The van der Waals surface area contributed by atoms with Gasteiger partial charge in [0.15, 0.2) is 0 Å². The van der Waals surface area contributed by atoms with Gasteiger partial charge in [-0.3, -0.25) is 9.69 Å². The molecule has 2 heterocycles. The van der Waals surface area contributed by atoms with E-state index in [2.05, 4.69) is 24.1 Å². The Morgan fingerprint density at radius 2 is 1.89 bits per heavy atom. The van der Waals surface area contributed by atoms with Crippen LogP contribution in [0.15, 0.2) is 24.3 Å². The number of aryl methyl sites for hydroxylation is 1. The monoisotopic (exact) mass is 391 g/mol. The molecule has 1 atom stereocenters. The lowest BCUT2D eigenvalue weighted by molar-refractivity contribution is 0.00189. The fraction of sp³-hybridized carbons (Fsp3) is 0.571. The van der Waals surface area contributed by atoms with Gasteiger partial charge in [0.25, 0.3) is 5.91 Å². The van der Waals surface area contributed by atoms with Crippen molar-refractivity contribution < 1.29 is 9.53 Å².